The summed E-state index contributed by atoms with van der Waals surface area (Å²) in [5, 5.41) is 3.96. The van der Waals surface area contributed by atoms with Crippen molar-refractivity contribution in [2.24, 2.45) is 5.10 Å². The van der Waals surface area contributed by atoms with Crippen LogP contribution in [-0.4, -0.2) is 47.9 Å². The molecule has 0 heterocycles. The summed E-state index contributed by atoms with van der Waals surface area (Å²) in [6, 6.07) is 19.5. The van der Waals surface area contributed by atoms with Crippen molar-refractivity contribution in [3.05, 3.63) is 78.4 Å². The molecule has 9 nitrogen and oxygen atoms in total. The normalized spacial score (nSPS) is 11.2. The predicted molar refractivity (Wildman–Crippen MR) is 134 cm³/mol. The Hall–Kier alpha value is -4.05. The first kappa shape index (κ1) is 25.6. The second-order valence-corrected chi connectivity index (χ2v) is 9.02. The number of carbonyl (C=O) groups is 1. The Kier molecular flexibility index (Phi) is 8.69. The van der Waals surface area contributed by atoms with E-state index in [-0.39, 0.29) is 4.90 Å². The van der Waals surface area contributed by atoms with Crippen molar-refractivity contribution >= 4 is 27.8 Å². The van der Waals surface area contributed by atoms with E-state index in [0.717, 1.165) is 4.31 Å². The minimum atomic E-state index is -4.02. The second-order valence-electron chi connectivity index (χ2n) is 7.15. The number of hydrogen-bond acceptors (Lipinski definition) is 7. The molecule has 0 unspecified atom stereocenters. The lowest BCUT2D eigenvalue weighted by molar-refractivity contribution is -0.119. The number of ether oxygens (including phenoxy) is 3. The van der Waals surface area contributed by atoms with Crippen molar-refractivity contribution in [3.8, 4) is 17.2 Å². The van der Waals surface area contributed by atoms with Crippen molar-refractivity contribution in [2.45, 2.75) is 11.8 Å². The number of rotatable bonds is 11. The van der Waals surface area contributed by atoms with E-state index in [1.165, 1.54) is 25.5 Å². The van der Waals surface area contributed by atoms with Crippen LogP contribution in [0.2, 0.25) is 0 Å². The third kappa shape index (κ3) is 6.51. The fourth-order valence-corrected chi connectivity index (χ4v) is 4.62. The molecule has 0 aromatic heterocycles. The van der Waals surface area contributed by atoms with E-state index in [9.17, 15) is 13.2 Å². The molecule has 0 radical (unpaired) electrons. The Morgan fingerprint density at radius 1 is 0.971 bits per heavy atom. The summed E-state index contributed by atoms with van der Waals surface area (Å²) in [6.45, 7) is 1.85. The van der Waals surface area contributed by atoms with Crippen LogP contribution in [0.25, 0.3) is 0 Å². The quantitative estimate of drug-likeness (QED) is 0.321. The lowest BCUT2D eigenvalue weighted by atomic mass is 10.2. The smallest absolute Gasteiger partial charge is 0.264 e. The van der Waals surface area contributed by atoms with E-state index in [0.29, 0.717) is 35.1 Å². The average Bonchev–Trinajstić information content (AvgIpc) is 2.88. The molecule has 184 valence electrons. The number of hydrazone groups is 1. The Labute approximate surface area is 205 Å². The summed E-state index contributed by atoms with van der Waals surface area (Å²) in [5.41, 5.74) is 3.30. The summed E-state index contributed by atoms with van der Waals surface area (Å²) in [4.78, 5) is 12.8. The number of nitrogens with zero attached hydrogens (tertiary/aromatic N) is 2. The molecule has 0 saturated carbocycles. The van der Waals surface area contributed by atoms with Crippen LogP contribution in [-0.2, 0) is 14.8 Å². The van der Waals surface area contributed by atoms with Crippen molar-refractivity contribution < 1.29 is 27.4 Å². The molecule has 1 amide bonds. The summed E-state index contributed by atoms with van der Waals surface area (Å²) >= 11 is 0. The Morgan fingerprint density at radius 3 is 2.29 bits per heavy atom. The van der Waals surface area contributed by atoms with E-state index in [4.69, 9.17) is 14.2 Å². The first-order valence-electron chi connectivity index (χ1n) is 10.7. The van der Waals surface area contributed by atoms with Gasteiger partial charge < -0.3 is 14.2 Å². The highest BCUT2D eigenvalue weighted by Crippen LogP contribution is 2.26. The summed E-state index contributed by atoms with van der Waals surface area (Å²) in [6.07, 6.45) is 1.41. The summed E-state index contributed by atoms with van der Waals surface area (Å²) in [5.74, 6) is 1.09. The van der Waals surface area contributed by atoms with Crippen molar-refractivity contribution in [3.63, 3.8) is 0 Å². The summed E-state index contributed by atoms with van der Waals surface area (Å²) in [7, 11) is -0.972. The molecule has 0 spiro atoms. The van der Waals surface area contributed by atoms with Crippen LogP contribution < -0.4 is 23.9 Å². The highest BCUT2D eigenvalue weighted by Gasteiger charge is 2.27. The highest BCUT2D eigenvalue weighted by molar-refractivity contribution is 7.92. The fourth-order valence-electron chi connectivity index (χ4n) is 3.17. The molecule has 0 atom stereocenters. The third-order valence-corrected chi connectivity index (χ3v) is 6.68. The van der Waals surface area contributed by atoms with Gasteiger partial charge in [-0.15, -0.1) is 0 Å². The van der Waals surface area contributed by atoms with E-state index >= 15 is 0 Å². The number of hydrogen-bond donors (Lipinski definition) is 1. The number of sulfonamides is 1. The van der Waals surface area contributed by atoms with Crippen molar-refractivity contribution in [1.82, 2.24) is 5.43 Å². The van der Waals surface area contributed by atoms with Gasteiger partial charge in [-0.1, -0.05) is 18.2 Å². The van der Waals surface area contributed by atoms with Gasteiger partial charge in [-0.2, -0.15) is 5.10 Å². The average molecular weight is 498 g/mol. The number of anilines is 1. The number of carbonyl (C=O) groups excluding carboxylic acids is 1. The lowest BCUT2D eigenvalue weighted by Gasteiger charge is -2.24. The topological polar surface area (TPSA) is 107 Å². The number of nitrogens with one attached hydrogen (secondary N) is 1. The molecule has 0 aliphatic rings. The predicted octanol–water partition coefficient (Wildman–Crippen LogP) is 3.45. The van der Waals surface area contributed by atoms with Crippen LogP contribution in [0.3, 0.4) is 0 Å². The first-order valence-corrected chi connectivity index (χ1v) is 12.2. The zero-order chi connectivity index (χ0) is 25.3. The molecule has 0 saturated heterocycles. The minimum Gasteiger partial charge on any atom is -0.497 e. The standard InChI is InChI=1S/C25H27N3O6S/c1-4-34-21-14-11-20(12-15-21)28(35(30,31)23-8-6-5-7-9-23)18-25(29)27-26-17-19-10-13-22(32-2)16-24(19)33-3/h5-17H,4,18H2,1-3H3,(H,27,29)/b26-17-. The SMILES string of the molecule is CCOc1ccc(N(CC(=O)N/N=C\c2ccc(OC)cc2OC)S(=O)(=O)c2ccccc2)cc1. The molecule has 0 fully saturated rings. The lowest BCUT2D eigenvalue weighted by Crippen LogP contribution is -2.39. The van der Waals surface area contributed by atoms with Crippen LogP contribution in [0, 0.1) is 0 Å². The molecule has 0 aliphatic carbocycles. The zero-order valence-electron chi connectivity index (χ0n) is 19.7. The van der Waals surface area contributed by atoms with Crippen LogP contribution in [0.15, 0.2) is 82.8 Å². The molecule has 35 heavy (non-hydrogen) atoms. The number of methoxy groups -OCH3 is 2. The van der Waals surface area contributed by atoms with E-state index in [2.05, 4.69) is 10.5 Å². The molecule has 1 N–H and O–H groups in total. The van der Waals surface area contributed by atoms with Gasteiger partial charge in [0.2, 0.25) is 0 Å². The van der Waals surface area contributed by atoms with Crippen LogP contribution in [0.1, 0.15) is 12.5 Å². The molecular formula is C25H27N3O6S. The van der Waals surface area contributed by atoms with Crippen LogP contribution >= 0.6 is 0 Å². The van der Waals surface area contributed by atoms with Gasteiger partial charge >= 0.3 is 0 Å². The Balaban J connectivity index is 1.82. The summed E-state index contributed by atoms with van der Waals surface area (Å²) < 4.78 is 43.7. The maximum Gasteiger partial charge on any atom is 0.264 e. The highest BCUT2D eigenvalue weighted by atomic mass is 32.2. The van der Waals surface area contributed by atoms with E-state index in [1.807, 2.05) is 6.92 Å². The van der Waals surface area contributed by atoms with Gasteiger partial charge in [0.1, 0.15) is 23.8 Å². The second kappa shape index (κ2) is 11.9. The van der Waals surface area contributed by atoms with Gasteiger partial charge in [0.05, 0.1) is 37.6 Å². The van der Waals surface area contributed by atoms with Crippen LogP contribution in [0.5, 0.6) is 17.2 Å². The minimum absolute atomic E-state index is 0.0631. The number of amides is 1. The van der Waals surface area contributed by atoms with Gasteiger partial charge in [0, 0.05) is 11.6 Å². The van der Waals surface area contributed by atoms with E-state index in [1.54, 1.807) is 67.8 Å². The molecule has 10 heteroatoms. The molecular weight excluding hydrogens is 470 g/mol. The molecule has 3 aromatic carbocycles. The third-order valence-electron chi connectivity index (χ3n) is 4.89. The van der Waals surface area contributed by atoms with Gasteiger partial charge in [-0.25, -0.2) is 13.8 Å². The first-order chi connectivity index (χ1) is 16.9. The van der Waals surface area contributed by atoms with Gasteiger partial charge in [0.15, 0.2) is 0 Å². The van der Waals surface area contributed by atoms with Crippen molar-refractivity contribution in [2.75, 3.05) is 31.7 Å². The van der Waals surface area contributed by atoms with Gasteiger partial charge in [-0.05, 0) is 55.5 Å². The molecule has 0 aliphatic heterocycles. The Morgan fingerprint density at radius 2 is 1.66 bits per heavy atom. The van der Waals surface area contributed by atoms with Crippen molar-refractivity contribution in [1.29, 1.82) is 0 Å². The number of benzene rings is 3. The fraction of sp³-hybridized carbons (Fsp3) is 0.200. The van der Waals surface area contributed by atoms with E-state index < -0.39 is 22.5 Å². The molecule has 3 aromatic rings. The molecule has 0 bridgehead atoms. The monoisotopic (exact) mass is 497 g/mol. The zero-order valence-corrected chi connectivity index (χ0v) is 20.5. The van der Waals surface area contributed by atoms with Gasteiger partial charge in [0.25, 0.3) is 15.9 Å². The Bertz CT molecular complexity index is 1260. The molecule has 3 rings (SSSR count). The van der Waals surface area contributed by atoms with Crippen LogP contribution in [0.4, 0.5) is 5.69 Å². The largest absolute Gasteiger partial charge is 0.497 e. The van der Waals surface area contributed by atoms with Gasteiger partial charge in [-0.3, -0.25) is 9.10 Å². The maximum absolute atomic E-state index is 13.4. The maximum atomic E-state index is 13.4.